The van der Waals surface area contributed by atoms with E-state index in [2.05, 4.69) is 20.7 Å². The van der Waals surface area contributed by atoms with E-state index in [1.165, 1.54) is 36.4 Å². The number of ether oxygens (including phenoxy) is 1. The largest absolute Gasteiger partial charge is 0.457 e. The maximum atomic E-state index is 13.7. The third kappa shape index (κ3) is 4.65. The lowest BCUT2D eigenvalue weighted by Crippen LogP contribution is -2.25. The molecule has 8 heteroatoms. The molecule has 0 heterocycles. The van der Waals surface area contributed by atoms with Gasteiger partial charge < -0.3 is 4.74 Å². The fourth-order valence-electron chi connectivity index (χ4n) is 2.14. The summed E-state index contributed by atoms with van der Waals surface area (Å²) in [6, 6.07) is 9.99. The molecule has 1 saturated carbocycles. The number of halogens is 2. The molecule has 0 atom stereocenters. The number of hydrogen-bond acceptors (Lipinski definition) is 4. The van der Waals surface area contributed by atoms with Crippen molar-refractivity contribution in [3.05, 3.63) is 63.9 Å². The van der Waals surface area contributed by atoms with Gasteiger partial charge in [0, 0.05) is 16.1 Å². The van der Waals surface area contributed by atoms with E-state index in [1.54, 1.807) is 6.07 Å². The molecule has 25 heavy (non-hydrogen) atoms. The fourth-order valence-corrected chi connectivity index (χ4v) is 3.83. The van der Waals surface area contributed by atoms with Gasteiger partial charge in [0.05, 0.1) is 10.5 Å². The average Bonchev–Trinajstić information content (AvgIpc) is 3.37. The van der Waals surface area contributed by atoms with Crippen LogP contribution in [-0.2, 0) is 21.4 Å². The second-order valence-electron chi connectivity index (χ2n) is 5.74. The van der Waals surface area contributed by atoms with E-state index in [-0.39, 0.29) is 28.7 Å². The Morgan fingerprint density at radius 2 is 2.00 bits per heavy atom. The van der Waals surface area contributed by atoms with Crippen LogP contribution >= 0.6 is 15.9 Å². The van der Waals surface area contributed by atoms with Crippen LogP contribution < -0.4 is 4.72 Å². The van der Waals surface area contributed by atoms with Crippen molar-refractivity contribution in [2.75, 3.05) is 0 Å². The Morgan fingerprint density at radius 3 is 2.68 bits per heavy atom. The van der Waals surface area contributed by atoms with Crippen molar-refractivity contribution in [1.29, 1.82) is 0 Å². The first-order valence-corrected chi connectivity index (χ1v) is 9.86. The summed E-state index contributed by atoms with van der Waals surface area (Å²) in [6.07, 6.45) is 1.64. The van der Waals surface area contributed by atoms with Gasteiger partial charge in [-0.3, -0.25) is 0 Å². The summed E-state index contributed by atoms with van der Waals surface area (Å²) in [6.45, 7) is -0.241. The van der Waals surface area contributed by atoms with Gasteiger partial charge in [0.2, 0.25) is 10.0 Å². The molecular formula is C17H15BrFNO4S. The van der Waals surface area contributed by atoms with Gasteiger partial charge in [0.25, 0.3) is 0 Å². The van der Waals surface area contributed by atoms with Crippen molar-refractivity contribution in [2.45, 2.75) is 30.4 Å². The van der Waals surface area contributed by atoms with Gasteiger partial charge >= 0.3 is 5.97 Å². The zero-order valence-electron chi connectivity index (χ0n) is 13.0. The fraction of sp³-hybridized carbons (Fsp3) is 0.235. The van der Waals surface area contributed by atoms with Crippen LogP contribution in [0.2, 0.25) is 0 Å². The van der Waals surface area contributed by atoms with Crippen LogP contribution in [0.5, 0.6) is 0 Å². The summed E-state index contributed by atoms with van der Waals surface area (Å²) in [5.74, 6) is -1.21. The van der Waals surface area contributed by atoms with Crippen LogP contribution in [0.1, 0.15) is 28.8 Å². The van der Waals surface area contributed by atoms with E-state index in [4.69, 9.17) is 4.74 Å². The molecule has 5 nitrogen and oxygen atoms in total. The Kier molecular flexibility index (Phi) is 5.21. The maximum Gasteiger partial charge on any atom is 0.338 e. The number of esters is 1. The zero-order valence-corrected chi connectivity index (χ0v) is 15.4. The summed E-state index contributed by atoms with van der Waals surface area (Å²) in [5, 5.41) is 0. The minimum Gasteiger partial charge on any atom is -0.457 e. The van der Waals surface area contributed by atoms with Crippen molar-refractivity contribution < 1.29 is 22.3 Å². The van der Waals surface area contributed by atoms with Crippen LogP contribution in [0.25, 0.3) is 0 Å². The van der Waals surface area contributed by atoms with E-state index in [9.17, 15) is 17.6 Å². The first kappa shape index (κ1) is 18.0. The molecule has 132 valence electrons. The number of rotatable bonds is 6. The minimum atomic E-state index is -3.65. The van der Waals surface area contributed by atoms with E-state index >= 15 is 0 Å². The molecule has 1 aliphatic carbocycles. The second kappa shape index (κ2) is 7.23. The molecular weight excluding hydrogens is 413 g/mol. The van der Waals surface area contributed by atoms with Crippen LogP contribution in [0.3, 0.4) is 0 Å². The van der Waals surface area contributed by atoms with Gasteiger partial charge in [-0.15, -0.1) is 0 Å². The Morgan fingerprint density at radius 1 is 1.24 bits per heavy atom. The number of carbonyl (C=O) groups is 1. The van der Waals surface area contributed by atoms with E-state index in [1.807, 2.05) is 0 Å². The molecule has 0 bridgehead atoms. The number of benzene rings is 2. The first-order valence-electron chi connectivity index (χ1n) is 7.58. The van der Waals surface area contributed by atoms with E-state index in [0.717, 1.165) is 12.8 Å². The van der Waals surface area contributed by atoms with E-state index in [0.29, 0.717) is 4.47 Å². The Balaban J connectivity index is 1.70. The Hall–Kier alpha value is -1.77. The summed E-state index contributed by atoms with van der Waals surface area (Å²) in [5.41, 5.74) is 0.326. The quantitative estimate of drug-likeness (QED) is 0.717. The molecule has 0 aromatic heterocycles. The average molecular weight is 428 g/mol. The predicted octanol–water partition coefficient (Wildman–Crippen LogP) is 3.39. The van der Waals surface area contributed by atoms with Gasteiger partial charge in [0.15, 0.2) is 0 Å². The molecule has 1 N–H and O–H groups in total. The van der Waals surface area contributed by atoms with Gasteiger partial charge in [-0.2, -0.15) is 0 Å². The number of hydrogen-bond donors (Lipinski definition) is 1. The SMILES string of the molecule is O=C(OCc1ccc(Br)cc1F)c1cccc(S(=O)(=O)NC2CC2)c1. The van der Waals surface area contributed by atoms with Gasteiger partial charge in [0.1, 0.15) is 12.4 Å². The molecule has 0 aliphatic heterocycles. The highest BCUT2D eigenvalue weighted by Crippen LogP contribution is 2.23. The third-order valence-corrected chi connectivity index (χ3v) is 5.66. The third-order valence-electron chi connectivity index (χ3n) is 3.65. The summed E-state index contributed by atoms with van der Waals surface area (Å²) in [4.78, 5) is 12.1. The Bertz CT molecular complexity index is 913. The van der Waals surface area contributed by atoms with Crippen LogP contribution in [0.15, 0.2) is 51.8 Å². The van der Waals surface area contributed by atoms with Crippen molar-refractivity contribution in [1.82, 2.24) is 4.72 Å². The van der Waals surface area contributed by atoms with Crippen LogP contribution in [0.4, 0.5) is 4.39 Å². The van der Waals surface area contributed by atoms with Gasteiger partial charge in [-0.05, 0) is 43.2 Å². The number of sulfonamides is 1. The van der Waals surface area contributed by atoms with Crippen molar-refractivity contribution in [3.8, 4) is 0 Å². The standard InChI is InChI=1S/C17H15BrFNO4S/c18-13-5-4-12(16(19)9-13)10-24-17(21)11-2-1-3-15(8-11)25(22,23)20-14-6-7-14/h1-5,8-9,14,20H,6-7,10H2. The minimum absolute atomic E-state index is 0.00340. The summed E-state index contributed by atoms with van der Waals surface area (Å²) < 4.78 is 46.4. The lowest BCUT2D eigenvalue weighted by atomic mass is 10.2. The lowest BCUT2D eigenvalue weighted by molar-refractivity contribution is 0.0468. The highest BCUT2D eigenvalue weighted by atomic mass is 79.9. The molecule has 0 spiro atoms. The van der Waals surface area contributed by atoms with Crippen molar-refractivity contribution in [3.63, 3.8) is 0 Å². The molecule has 0 radical (unpaired) electrons. The summed E-state index contributed by atoms with van der Waals surface area (Å²) >= 11 is 3.15. The predicted molar refractivity (Wildman–Crippen MR) is 93.0 cm³/mol. The highest BCUT2D eigenvalue weighted by molar-refractivity contribution is 9.10. The monoisotopic (exact) mass is 427 g/mol. The lowest BCUT2D eigenvalue weighted by Gasteiger charge is -2.09. The topological polar surface area (TPSA) is 72.5 Å². The maximum absolute atomic E-state index is 13.7. The number of carbonyl (C=O) groups excluding carboxylic acids is 1. The molecule has 2 aromatic carbocycles. The van der Waals surface area contributed by atoms with Gasteiger partial charge in [-0.1, -0.05) is 28.1 Å². The smallest absolute Gasteiger partial charge is 0.338 e. The molecule has 3 rings (SSSR count). The Labute approximate surface area is 153 Å². The van der Waals surface area contributed by atoms with Crippen LogP contribution in [0, 0.1) is 5.82 Å². The van der Waals surface area contributed by atoms with E-state index < -0.39 is 21.8 Å². The highest BCUT2D eigenvalue weighted by Gasteiger charge is 2.28. The van der Waals surface area contributed by atoms with Gasteiger partial charge in [-0.25, -0.2) is 22.3 Å². The number of nitrogens with one attached hydrogen (secondary N) is 1. The molecule has 1 fully saturated rings. The molecule has 0 unspecified atom stereocenters. The molecule has 0 amide bonds. The van der Waals surface area contributed by atoms with Crippen molar-refractivity contribution >= 4 is 31.9 Å². The van der Waals surface area contributed by atoms with Crippen LogP contribution in [-0.4, -0.2) is 20.4 Å². The molecule has 2 aromatic rings. The van der Waals surface area contributed by atoms with Crippen molar-refractivity contribution in [2.24, 2.45) is 0 Å². The first-order chi connectivity index (χ1) is 11.8. The zero-order chi connectivity index (χ0) is 18.0. The second-order valence-corrected chi connectivity index (χ2v) is 8.36. The molecule has 1 aliphatic rings. The summed E-state index contributed by atoms with van der Waals surface area (Å²) in [7, 11) is -3.65. The molecule has 0 saturated heterocycles. The normalized spacial score (nSPS) is 14.3.